The number of nitrogens with zero attached hydrogens (tertiary/aromatic N) is 1. The highest BCUT2D eigenvalue weighted by molar-refractivity contribution is 7.89. The van der Waals surface area contributed by atoms with Gasteiger partial charge in [-0.2, -0.15) is 4.31 Å². The third kappa shape index (κ3) is 9.01. The van der Waals surface area contributed by atoms with Gasteiger partial charge in [-0.25, -0.2) is 22.0 Å². The second kappa shape index (κ2) is 12.6. The van der Waals surface area contributed by atoms with Crippen molar-refractivity contribution in [3.05, 3.63) is 66.2 Å². The number of benzene rings is 2. The summed E-state index contributed by atoms with van der Waals surface area (Å²) in [5, 5.41) is 18.7. The second-order valence-electron chi connectivity index (χ2n) is 9.08. The Morgan fingerprint density at radius 1 is 0.971 bits per heavy atom. The highest BCUT2D eigenvalue weighted by Crippen LogP contribution is 2.24. The van der Waals surface area contributed by atoms with Crippen molar-refractivity contribution in [2.24, 2.45) is 17.0 Å². The van der Waals surface area contributed by atoms with Gasteiger partial charge in [0.05, 0.1) is 28.7 Å². The number of nitrogens with two attached hydrogens (primary N) is 1. The molecule has 4 N–H and O–H groups in total. The Morgan fingerprint density at radius 3 is 2.03 bits per heavy atom. The van der Waals surface area contributed by atoms with Crippen molar-refractivity contribution in [2.75, 3.05) is 18.8 Å². The minimum Gasteiger partial charge on any atom is -0.390 e. The highest BCUT2D eigenvalue weighted by Gasteiger charge is 2.36. The molecular weight excluding hydrogens is 490 g/mol. The fourth-order valence-corrected chi connectivity index (χ4v) is 6.41. The molecule has 0 aliphatic rings. The summed E-state index contributed by atoms with van der Waals surface area (Å²) >= 11 is 0. The first-order valence-corrected chi connectivity index (χ1v) is 14.5. The molecular formula is C24H35N3O6S2. The van der Waals surface area contributed by atoms with E-state index in [1.54, 1.807) is 18.2 Å². The van der Waals surface area contributed by atoms with Crippen molar-refractivity contribution in [3.63, 3.8) is 0 Å². The molecule has 2 rings (SSSR count). The van der Waals surface area contributed by atoms with Crippen LogP contribution in [0.1, 0.15) is 26.3 Å². The molecule has 3 atom stereocenters. The van der Waals surface area contributed by atoms with Crippen LogP contribution in [0.5, 0.6) is 0 Å². The lowest BCUT2D eigenvalue weighted by Crippen LogP contribution is -2.53. The summed E-state index contributed by atoms with van der Waals surface area (Å²) in [6, 6.07) is 16.3. The van der Waals surface area contributed by atoms with Gasteiger partial charge >= 0.3 is 0 Å². The molecule has 35 heavy (non-hydrogen) atoms. The Labute approximate surface area is 208 Å². The number of aliphatic hydroxyl groups is 1. The number of aliphatic hydroxyl groups excluding tert-OH is 1. The standard InChI is InChI=1S/C24H35N3O6S2/c1-18(2)16-27(35(32,33)21-12-8-5-9-13-21)22(14-20-10-6-4-7-11-20)23(28)15-26-24(29)19(3)17-34(25,30)31/h4-13,18-19,22-23,28H,14-17H2,1-3H3,(H,26,29)(H2,25,30,31)/t19-,22?,23+/m0/s1. The molecule has 11 heteroatoms. The zero-order chi connectivity index (χ0) is 26.2. The molecule has 0 aliphatic carbocycles. The van der Waals surface area contributed by atoms with Crippen LogP contribution in [0.25, 0.3) is 0 Å². The monoisotopic (exact) mass is 525 g/mol. The van der Waals surface area contributed by atoms with Crippen molar-refractivity contribution >= 4 is 26.0 Å². The number of sulfonamides is 2. The topological polar surface area (TPSA) is 147 Å². The van der Waals surface area contributed by atoms with Gasteiger partial charge in [0.1, 0.15) is 0 Å². The maximum atomic E-state index is 13.7. The molecule has 0 heterocycles. The van der Waals surface area contributed by atoms with E-state index in [-0.39, 0.29) is 30.3 Å². The third-order valence-electron chi connectivity index (χ3n) is 5.41. The SMILES string of the molecule is CC(C)CN(C(Cc1ccccc1)[C@H](O)CNC(=O)[C@@H](C)CS(N)(=O)=O)S(=O)(=O)c1ccccc1. The lowest BCUT2D eigenvalue weighted by Gasteiger charge is -2.35. The molecule has 0 saturated heterocycles. The van der Waals surface area contributed by atoms with E-state index < -0.39 is 49.8 Å². The van der Waals surface area contributed by atoms with Crippen LogP contribution in [0.2, 0.25) is 0 Å². The molecule has 9 nitrogen and oxygen atoms in total. The summed E-state index contributed by atoms with van der Waals surface area (Å²) in [5.74, 6) is -2.10. The fraction of sp³-hybridized carbons (Fsp3) is 0.458. The summed E-state index contributed by atoms with van der Waals surface area (Å²) < 4.78 is 51.2. The van der Waals surface area contributed by atoms with Gasteiger partial charge in [-0.3, -0.25) is 4.79 Å². The zero-order valence-corrected chi connectivity index (χ0v) is 21.9. The first-order chi connectivity index (χ1) is 16.3. The van der Waals surface area contributed by atoms with Crippen molar-refractivity contribution in [1.82, 2.24) is 9.62 Å². The van der Waals surface area contributed by atoms with Crippen LogP contribution in [0.3, 0.4) is 0 Å². The number of carbonyl (C=O) groups excluding carboxylic acids is 1. The maximum Gasteiger partial charge on any atom is 0.243 e. The summed E-state index contributed by atoms with van der Waals surface area (Å²) in [5.41, 5.74) is 0.822. The van der Waals surface area contributed by atoms with E-state index in [1.165, 1.54) is 23.4 Å². The average Bonchev–Trinajstić information content (AvgIpc) is 2.79. The van der Waals surface area contributed by atoms with Crippen LogP contribution in [0, 0.1) is 11.8 Å². The van der Waals surface area contributed by atoms with E-state index in [0.29, 0.717) is 0 Å². The number of amides is 1. The Bertz CT molecular complexity index is 1160. The van der Waals surface area contributed by atoms with E-state index in [2.05, 4.69) is 5.32 Å². The van der Waals surface area contributed by atoms with Gasteiger partial charge in [-0.05, 0) is 30.0 Å². The third-order valence-corrected chi connectivity index (χ3v) is 8.28. The lowest BCUT2D eigenvalue weighted by atomic mass is 10.00. The smallest absolute Gasteiger partial charge is 0.243 e. The predicted molar refractivity (Wildman–Crippen MR) is 135 cm³/mol. The van der Waals surface area contributed by atoms with Gasteiger partial charge in [0, 0.05) is 13.1 Å². The van der Waals surface area contributed by atoms with Crippen molar-refractivity contribution in [1.29, 1.82) is 0 Å². The van der Waals surface area contributed by atoms with E-state index in [9.17, 15) is 26.7 Å². The zero-order valence-electron chi connectivity index (χ0n) is 20.2. The maximum absolute atomic E-state index is 13.7. The molecule has 0 spiro atoms. The van der Waals surface area contributed by atoms with Gasteiger partial charge in [0.2, 0.25) is 26.0 Å². The van der Waals surface area contributed by atoms with Gasteiger partial charge in [-0.15, -0.1) is 0 Å². The molecule has 0 bridgehead atoms. The summed E-state index contributed by atoms with van der Waals surface area (Å²) in [4.78, 5) is 12.5. The molecule has 0 aliphatic heterocycles. The number of hydrogen-bond acceptors (Lipinski definition) is 6. The van der Waals surface area contributed by atoms with Gasteiger partial charge in [0.25, 0.3) is 0 Å². The van der Waals surface area contributed by atoms with Crippen LogP contribution in [-0.2, 0) is 31.3 Å². The largest absolute Gasteiger partial charge is 0.390 e. The molecule has 0 fully saturated rings. The molecule has 0 aromatic heterocycles. The molecule has 1 amide bonds. The number of hydrogen-bond donors (Lipinski definition) is 3. The molecule has 0 saturated carbocycles. The van der Waals surface area contributed by atoms with Crippen molar-refractivity contribution < 1.29 is 26.7 Å². The summed E-state index contributed by atoms with van der Waals surface area (Å²) in [6.07, 6.45) is -1.05. The number of nitrogens with one attached hydrogen (secondary N) is 1. The fourth-order valence-electron chi connectivity index (χ4n) is 3.72. The van der Waals surface area contributed by atoms with E-state index in [4.69, 9.17) is 5.14 Å². The van der Waals surface area contributed by atoms with Gasteiger partial charge in [0.15, 0.2) is 0 Å². The molecule has 1 unspecified atom stereocenters. The van der Waals surface area contributed by atoms with E-state index in [0.717, 1.165) is 5.56 Å². The first-order valence-electron chi connectivity index (χ1n) is 11.4. The first kappa shape index (κ1) is 28.9. The summed E-state index contributed by atoms with van der Waals surface area (Å²) in [7, 11) is -7.83. The van der Waals surface area contributed by atoms with Crippen LogP contribution in [0.15, 0.2) is 65.6 Å². The van der Waals surface area contributed by atoms with Crippen molar-refractivity contribution in [3.8, 4) is 0 Å². The average molecular weight is 526 g/mol. The molecule has 2 aromatic carbocycles. The molecule has 2 aromatic rings. The van der Waals surface area contributed by atoms with Crippen LogP contribution in [0.4, 0.5) is 0 Å². The number of rotatable bonds is 13. The van der Waals surface area contributed by atoms with Crippen LogP contribution in [-0.4, -0.2) is 63.1 Å². The van der Waals surface area contributed by atoms with Crippen LogP contribution < -0.4 is 10.5 Å². The van der Waals surface area contributed by atoms with Gasteiger partial charge in [-0.1, -0.05) is 69.3 Å². The van der Waals surface area contributed by atoms with E-state index in [1.807, 2.05) is 44.2 Å². The van der Waals surface area contributed by atoms with Crippen LogP contribution >= 0.6 is 0 Å². The second-order valence-corrected chi connectivity index (χ2v) is 12.6. The summed E-state index contributed by atoms with van der Waals surface area (Å²) in [6.45, 7) is 5.08. The Kier molecular flexibility index (Phi) is 10.4. The predicted octanol–water partition coefficient (Wildman–Crippen LogP) is 1.35. The Balaban J connectivity index is 2.37. The van der Waals surface area contributed by atoms with Crippen molar-refractivity contribution in [2.45, 2.75) is 44.2 Å². The molecule has 0 radical (unpaired) electrons. The molecule has 194 valence electrons. The minimum atomic E-state index is -3.97. The Morgan fingerprint density at radius 2 is 1.51 bits per heavy atom. The number of carbonyl (C=O) groups is 1. The minimum absolute atomic E-state index is 0.0386. The van der Waals surface area contributed by atoms with E-state index >= 15 is 0 Å². The quantitative estimate of drug-likeness (QED) is 0.360. The normalized spacial score (nSPS) is 15.1. The highest BCUT2D eigenvalue weighted by atomic mass is 32.2. The Hall–Kier alpha value is -2.31. The lowest BCUT2D eigenvalue weighted by molar-refractivity contribution is -0.124. The van der Waals surface area contributed by atoms with Gasteiger partial charge < -0.3 is 10.4 Å². The number of primary sulfonamides is 1.